The summed E-state index contributed by atoms with van der Waals surface area (Å²) in [6.07, 6.45) is 1.05. The van der Waals surface area contributed by atoms with Crippen LogP contribution in [0.15, 0.2) is 22.8 Å². The highest BCUT2D eigenvalue weighted by Crippen LogP contribution is 2.34. The number of primary amides is 1. The van der Waals surface area contributed by atoms with Crippen molar-refractivity contribution in [3.05, 3.63) is 33.4 Å². The molecule has 1 saturated heterocycles. The maximum atomic E-state index is 13.0. The maximum absolute atomic E-state index is 13.0. The van der Waals surface area contributed by atoms with Gasteiger partial charge in [0.25, 0.3) is 11.8 Å². The van der Waals surface area contributed by atoms with Gasteiger partial charge in [-0.15, -0.1) is 11.8 Å². The van der Waals surface area contributed by atoms with E-state index in [-0.39, 0.29) is 28.7 Å². The molecule has 0 radical (unpaired) electrons. The lowest BCUT2D eigenvalue weighted by atomic mass is 9.95. The number of piperidine rings is 1. The van der Waals surface area contributed by atoms with Gasteiger partial charge in [-0.1, -0.05) is 11.6 Å². The molecule has 30 heavy (non-hydrogen) atoms. The predicted octanol–water partition coefficient (Wildman–Crippen LogP) is 2.62. The highest BCUT2D eigenvalue weighted by atomic mass is 35.5. The van der Waals surface area contributed by atoms with Crippen LogP contribution in [0.1, 0.15) is 30.1 Å². The number of anilines is 1. The second-order valence-corrected chi connectivity index (χ2v) is 8.55. The third-order valence-corrected chi connectivity index (χ3v) is 6.57. The zero-order valence-corrected chi connectivity index (χ0v) is 18.4. The standard InChI is InChI=1S/C20H24ClN3O5S/c1-11-17(30-8-7-29-11)19(26)23-15-10-16(28-2)13(9-14(15)21)20(27)24-5-3-12(4-6-24)18(22)25/h9-10,12H,3-8H2,1-2H3,(H2,22,25)(H,23,26). The van der Waals surface area contributed by atoms with Gasteiger partial charge in [0, 0.05) is 30.8 Å². The van der Waals surface area contributed by atoms with E-state index in [1.165, 1.54) is 31.0 Å². The van der Waals surface area contributed by atoms with Gasteiger partial charge in [-0.25, -0.2) is 0 Å². The second-order valence-electron chi connectivity index (χ2n) is 7.04. The van der Waals surface area contributed by atoms with E-state index in [2.05, 4.69) is 5.32 Å². The normalized spacial score (nSPS) is 17.4. The van der Waals surface area contributed by atoms with E-state index in [0.29, 0.717) is 66.0 Å². The summed E-state index contributed by atoms with van der Waals surface area (Å²) >= 11 is 7.79. The SMILES string of the molecule is COc1cc(NC(=O)C2=C(C)OCCS2)c(Cl)cc1C(=O)N1CCC(C(N)=O)CC1. The highest BCUT2D eigenvalue weighted by Gasteiger charge is 2.29. The number of hydrogen-bond acceptors (Lipinski definition) is 6. The topological polar surface area (TPSA) is 111 Å². The Morgan fingerprint density at radius 2 is 2.00 bits per heavy atom. The molecule has 0 bridgehead atoms. The van der Waals surface area contributed by atoms with E-state index < -0.39 is 0 Å². The van der Waals surface area contributed by atoms with Gasteiger partial charge in [-0.3, -0.25) is 14.4 Å². The molecule has 1 aromatic carbocycles. The number of nitrogens with two attached hydrogens (primary N) is 1. The lowest BCUT2D eigenvalue weighted by Crippen LogP contribution is -2.41. The van der Waals surface area contributed by atoms with Crippen molar-refractivity contribution in [1.29, 1.82) is 0 Å². The third kappa shape index (κ3) is 4.84. The van der Waals surface area contributed by atoms with Crippen LogP contribution in [0.4, 0.5) is 5.69 Å². The first kappa shape index (κ1) is 22.3. The number of benzene rings is 1. The lowest BCUT2D eigenvalue weighted by molar-refractivity contribution is -0.123. The summed E-state index contributed by atoms with van der Waals surface area (Å²) in [4.78, 5) is 39.1. The number of nitrogens with zero attached hydrogens (tertiary/aromatic N) is 1. The second kappa shape index (κ2) is 9.61. The van der Waals surface area contributed by atoms with Crippen LogP contribution in [0.5, 0.6) is 5.75 Å². The van der Waals surface area contributed by atoms with Crippen LogP contribution in [0, 0.1) is 5.92 Å². The molecular weight excluding hydrogens is 430 g/mol. The zero-order valence-electron chi connectivity index (χ0n) is 16.8. The molecule has 162 valence electrons. The number of carbonyl (C=O) groups is 3. The average Bonchev–Trinajstić information content (AvgIpc) is 2.74. The Hall–Kier alpha value is -2.39. The molecule has 0 saturated carbocycles. The number of ether oxygens (including phenoxy) is 2. The number of hydrogen-bond donors (Lipinski definition) is 2. The van der Waals surface area contributed by atoms with E-state index in [9.17, 15) is 14.4 Å². The molecule has 2 aliphatic heterocycles. The summed E-state index contributed by atoms with van der Waals surface area (Å²) < 4.78 is 10.8. The predicted molar refractivity (Wildman–Crippen MR) is 116 cm³/mol. The van der Waals surface area contributed by atoms with Gasteiger partial charge in [-0.2, -0.15) is 0 Å². The molecule has 3 N–H and O–H groups in total. The summed E-state index contributed by atoms with van der Waals surface area (Å²) in [7, 11) is 1.45. The first-order chi connectivity index (χ1) is 14.3. The molecule has 2 aliphatic rings. The van der Waals surface area contributed by atoms with Crippen LogP contribution < -0.4 is 15.8 Å². The van der Waals surface area contributed by atoms with E-state index in [0.717, 1.165) is 0 Å². The number of likely N-dealkylation sites (tertiary alicyclic amines) is 1. The van der Waals surface area contributed by atoms with Crippen molar-refractivity contribution < 1.29 is 23.9 Å². The van der Waals surface area contributed by atoms with E-state index in [1.54, 1.807) is 11.8 Å². The summed E-state index contributed by atoms with van der Waals surface area (Å²) in [5.41, 5.74) is 5.99. The minimum Gasteiger partial charge on any atom is -0.496 e. The van der Waals surface area contributed by atoms with Crippen molar-refractivity contribution in [3.63, 3.8) is 0 Å². The molecule has 2 heterocycles. The van der Waals surface area contributed by atoms with Gasteiger partial charge in [0.05, 0.1) is 30.0 Å². The van der Waals surface area contributed by atoms with Crippen molar-refractivity contribution >= 4 is 46.8 Å². The number of carbonyl (C=O) groups excluding carboxylic acids is 3. The maximum Gasteiger partial charge on any atom is 0.265 e. The monoisotopic (exact) mass is 453 g/mol. The van der Waals surface area contributed by atoms with Crippen molar-refractivity contribution in [2.75, 3.05) is 37.9 Å². The number of nitrogens with one attached hydrogen (secondary N) is 1. The molecule has 0 atom stereocenters. The van der Waals surface area contributed by atoms with E-state index in [1.807, 2.05) is 0 Å². The Morgan fingerprint density at radius 1 is 1.30 bits per heavy atom. The quantitative estimate of drug-likeness (QED) is 0.708. The summed E-state index contributed by atoms with van der Waals surface area (Å²) in [5, 5.41) is 2.98. The van der Waals surface area contributed by atoms with Crippen LogP contribution in [-0.4, -0.2) is 55.2 Å². The lowest BCUT2D eigenvalue weighted by Gasteiger charge is -2.31. The molecule has 1 fully saturated rings. The van der Waals surface area contributed by atoms with Gasteiger partial charge < -0.3 is 25.4 Å². The van der Waals surface area contributed by atoms with Crippen LogP contribution >= 0.6 is 23.4 Å². The fourth-order valence-corrected chi connectivity index (χ4v) is 4.46. The van der Waals surface area contributed by atoms with Crippen LogP contribution in [0.25, 0.3) is 0 Å². The summed E-state index contributed by atoms with van der Waals surface area (Å²) in [6, 6.07) is 3.03. The fourth-order valence-electron chi connectivity index (χ4n) is 3.43. The molecule has 1 aromatic rings. The number of halogens is 1. The highest BCUT2D eigenvalue weighted by molar-refractivity contribution is 8.04. The molecule has 0 aliphatic carbocycles. The minimum absolute atomic E-state index is 0.212. The van der Waals surface area contributed by atoms with Crippen LogP contribution in [-0.2, 0) is 14.3 Å². The molecule has 8 nitrogen and oxygen atoms in total. The van der Waals surface area contributed by atoms with Crippen molar-refractivity contribution in [2.45, 2.75) is 19.8 Å². The molecule has 10 heteroatoms. The molecule has 0 aromatic heterocycles. The number of rotatable bonds is 5. The Kier molecular flexibility index (Phi) is 7.14. The molecule has 0 unspecified atom stereocenters. The molecule has 3 amide bonds. The number of methoxy groups -OCH3 is 1. The van der Waals surface area contributed by atoms with Gasteiger partial charge in [-0.05, 0) is 25.8 Å². The molecule has 0 spiro atoms. The van der Waals surface area contributed by atoms with Gasteiger partial charge in [0.15, 0.2) is 0 Å². The Labute approximate surface area is 184 Å². The number of allylic oxidation sites excluding steroid dienone is 1. The smallest absolute Gasteiger partial charge is 0.265 e. The Bertz CT molecular complexity index is 897. The third-order valence-electron chi connectivity index (χ3n) is 5.13. The Balaban J connectivity index is 1.78. The largest absolute Gasteiger partial charge is 0.496 e. The first-order valence-corrected chi connectivity index (χ1v) is 10.9. The van der Waals surface area contributed by atoms with Crippen LogP contribution in [0.3, 0.4) is 0 Å². The van der Waals surface area contributed by atoms with Crippen molar-refractivity contribution in [3.8, 4) is 5.75 Å². The number of amides is 3. The van der Waals surface area contributed by atoms with Crippen LogP contribution in [0.2, 0.25) is 5.02 Å². The summed E-state index contributed by atoms with van der Waals surface area (Å²) in [5.74, 6) is 0.439. The fraction of sp³-hybridized carbons (Fsp3) is 0.450. The van der Waals surface area contributed by atoms with Crippen molar-refractivity contribution in [2.24, 2.45) is 11.7 Å². The van der Waals surface area contributed by atoms with Crippen molar-refractivity contribution in [1.82, 2.24) is 4.90 Å². The number of thioether (sulfide) groups is 1. The molecular formula is C20H24ClN3O5S. The first-order valence-electron chi connectivity index (χ1n) is 9.55. The molecule has 3 rings (SSSR count). The Morgan fingerprint density at radius 3 is 2.60 bits per heavy atom. The van der Waals surface area contributed by atoms with E-state index in [4.69, 9.17) is 26.8 Å². The van der Waals surface area contributed by atoms with Gasteiger partial charge in [0.1, 0.15) is 16.4 Å². The summed E-state index contributed by atoms with van der Waals surface area (Å²) in [6.45, 7) is 3.16. The van der Waals surface area contributed by atoms with Gasteiger partial charge >= 0.3 is 0 Å². The average molecular weight is 454 g/mol. The van der Waals surface area contributed by atoms with E-state index >= 15 is 0 Å². The zero-order chi connectivity index (χ0) is 21.8. The minimum atomic E-state index is -0.338. The van der Waals surface area contributed by atoms with Gasteiger partial charge in [0.2, 0.25) is 5.91 Å².